The van der Waals surface area contributed by atoms with Crippen molar-refractivity contribution in [2.45, 2.75) is 20.8 Å². The van der Waals surface area contributed by atoms with E-state index in [1.54, 1.807) is 7.05 Å². The van der Waals surface area contributed by atoms with Crippen LogP contribution >= 0.6 is 0 Å². The molecule has 6 nitrogen and oxygen atoms in total. The largest absolute Gasteiger partial charge is 0.424 e. The quantitative estimate of drug-likeness (QED) is 0.933. The zero-order chi connectivity index (χ0) is 15.6. The molecule has 2 rings (SSSR count). The number of rotatable bonds is 4. The normalized spacial score (nSPS) is 10.4. The van der Waals surface area contributed by atoms with Gasteiger partial charge in [0.15, 0.2) is 0 Å². The maximum atomic E-state index is 5.88. The molecular formula is C15H21N5O. The molecule has 0 fully saturated rings. The third kappa shape index (κ3) is 3.39. The molecule has 0 unspecified atom stereocenters. The van der Waals surface area contributed by atoms with E-state index in [1.807, 2.05) is 38.9 Å². The van der Waals surface area contributed by atoms with Crippen LogP contribution in [0, 0.1) is 20.8 Å². The second-order valence-electron chi connectivity index (χ2n) is 5.19. The fourth-order valence-electron chi connectivity index (χ4n) is 1.91. The first-order valence-corrected chi connectivity index (χ1v) is 6.77. The van der Waals surface area contributed by atoms with Crippen molar-refractivity contribution in [3.05, 3.63) is 28.8 Å². The molecule has 21 heavy (non-hydrogen) atoms. The van der Waals surface area contributed by atoms with Gasteiger partial charge in [0.05, 0.1) is 0 Å². The highest BCUT2D eigenvalue weighted by atomic mass is 16.5. The zero-order valence-electron chi connectivity index (χ0n) is 13.4. The molecule has 112 valence electrons. The van der Waals surface area contributed by atoms with Crippen LogP contribution in [0.1, 0.15) is 16.7 Å². The van der Waals surface area contributed by atoms with Crippen molar-refractivity contribution >= 4 is 11.9 Å². The fraction of sp³-hybridized carbons (Fsp3) is 0.400. The zero-order valence-corrected chi connectivity index (χ0v) is 13.4. The summed E-state index contributed by atoms with van der Waals surface area (Å²) in [6.07, 6.45) is 0. The van der Waals surface area contributed by atoms with Crippen LogP contribution in [-0.2, 0) is 0 Å². The van der Waals surface area contributed by atoms with Crippen molar-refractivity contribution < 1.29 is 4.74 Å². The minimum atomic E-state index is 0.283. The summed E-state index contributed by atoms with van der Waals surface area (Å²) in [5.74, 6) is 1.79. The van der Waals surface area contributed by atoms with Gasteiger partial charge >= 0.3 is 6.01 Å². The topological polar surface area (TPSA) is 63.2 Å². The first kappa shape index (κ1) is 15.0. The van der Waals surface area contributed by atoms with Gasteiger partial charge in [-0.15, -0.1) is 0 Å². The lowest BCUT2D eigenvalue weighted by Gasteiger charge is -2.14. The van der Waals surface area contributed by atoms with Gasteiger partial charge < -0.3 is 15.0 Å². The van der Waals surface area contributed by atoms with E-state index in [4.69, 9.17) is 4.74 Å². The van der Waals surface area contributed by atoms with Crippen molar-refractivity contribution in [3.8, 4) is 11.8 Å². The molecule has 0 amide bonds. The molecular weight excluding hydrogens is 266 g/mol. The van der Waals surface area contributed by atoms with Crippen molar-refractivity contribution in [2.75, 3.05) is 31.4 Å². The number of nitrogens with zero attached hydrogens (tertiary/aromatic N) is 4. The molecule has 2 aromatic rings. The summed E-state index contributed by atoms with van der Waals surface area (Å²) < 4.78 is 5.88. The first-order valence-electron chi connectivity index (χ1n) is 6.77. The lowest BCUT2D eigenvalue weighted by Crippen LogP contribution is -2.15. The molecule has 0 aliphatic carbocycles. The molecule has 6 heteroatoms. The van der Waals surface area contributed by atoms with E-state index in [2.05, 4.69) is 33.3 Å². The summed E-state index contributed by atoms with van der Waals surface area (Å²) in [6, 6.07) is 4.39. The van der Waals surface area contributed by atoms with E-state index < -0.39 is 0 Å². The molecule has 1 N–H and O–H groups in total. The number of nitrogens with one attached hydrogen (secondary N) is 1. The molecule has 0 atom stereocenters. The molecule has 0 spiro atoms. The Morgan fingerprint density at radius 1 is 1.05 bits per heavy atom. The Morgan fingerprint density at radius 2 is 1.76 bits per heavy atom. The molecule has 0 saturated heterocycles. The molecule has 1 heterocycles. The minimum Gasteiger partial charge on any atom is -0.424 e. The van der Waals surface area contributed by atoms with Crippen LogP contribution < -0.4 is 15.0 Å². The molecule has 0 bridgehead atoms. The monoisotopic (exact) mass is 287 g/mol. The number of aromatic nitrogens is 3. The third-order valence-electron chi connectivity index (χ3n) is 3.19. The number of benzene rings is 1. The summed E-state index contributed by atoms with van der Waals surface area (Å²) in [7, 11) is 5.52. The van der Waals surface area contributed by atoms with Crippen LogP contribution in [0.4, 0.5) is 11.9 Å². The smallest absolute Gasteiger partial charge is 0.328 e. The minimum absolute atomic E-state index is 0.283. The van der Waals surface area contributed by atoms with Crippen molar-refractivity contribution in [1.82, 2.24) is 15.0 Å². The molecule has 0 saturated carbocycles. The van der Waals surface area contributed by atoms with E-state index in [-0.39, 0.29) is 6.01 Å². The highest BCUT2D eigenvalue weighted by molar-refractivity contribution is 5.44. The highest BCUT2D eigenvalue weighted by Crippen LogP contribution is 2.27. The number of ether oxygens (including phenoxy) is 1. The van der Waals surface area contributed by atoms with Crippen LogP contribution in [0.3, 0.4) is 0 Å². The Balaban J connectivity index is 2.41. The van der Waals surface area contributed by atoms with E-state index in [0.29, 0.717) is 11.9 Å². The van der Waals surface area contributed by atoms with E-state index in [1.165, 1.54) is 5.56 Å². The lowest BCUT2D eigenvalue weighted by molar-refractivity contribution is 0.437. The average Bonchev–Trinajstić information content (AvgIpc) is 2.43. The second-order valence-corrected chi connectivity index (χ2v) is 5.19. The van der Waals surface area contributed by atoms with Crippen molar-refractivity contribution in [1.29, 1.82) is 0 Å². The Hall–Kier alpha value is -2.37. The van der Waals surface area contributed by atoms with Crippen molar-refractivity contribution in [3.63, 3.8) is 0 Å². The van der Waals surface area contributed by atoms with E-state index in [9.17, 15) is 0 Å². The fourth-order valence-corrected chi connectivity index (χ4v) is 1.91. The number of hydrogen-bond donors (Lipinski definition) is 1. The summed E-state index contributed by atoms with van der Waals surface area (Å²) in [5, 5.41) is 2.92. The second kappa shape index (κ2) is 5.95. The number of hydrogen-bond acceptors (Lipinski definition) is 6. The molecule has 1 aromatic heterocycles. The summed E-state index contributed by atoms with van der Waals surface area (Å²) in [4.78, 5) is 14.6. The van der Waals surface area contributed by atoms with Gasteiger partial charge in [0.1, 0.15) is 5.75 Å². The van der Waals surface area contributed by atoms with Gasteiger partial charge in [-0.2, -0.15) is 15.0 Å². The summed E-state index contributed by atoms with van der Waals surface area (Å²) in [6.45, 7) is 6.13. The van der Waals surface area contributed by atoms with Crippen LogP contribution in [-0.4, -0.2) is 36.1 Å². The van der Waals surface area contributed by atoms with E-state index >= 15 is 0 Å². The third-order valence-corrected chi connectivity index (χ3v) is 3.19. The van der Waals surface area contributed by atoms with Crippen molar-refractivity contribution in [2.24, 2.45) is 0 Å². The van der Waals surface area contributed by atoms with Crippen LogP contribution in [0.5, 0.6) is 11.8 Å². The molecule has 0 radical (unpaired) electrons. The Kier molecular flexibility index (Phi) is 4.26. The Bertz CT molecular complexity index is 655. The van der Waals surface area contributed by atoms with Crippen LogP contribution in [0.15, 0.2) is 12.1 Å². The predicted molar refractivity (Wildman–Crippen MR) is 84.4 cm³/mol. The average molecular weight is 287 g/mol. The summed E-state index contributed by atoms with van der Waals surface area (Å²) in [5.41, 5.74) is 3.41. The van der Waals surface area contributed by atoms with Gasteiger partial charge in [-0.25, -0.2) is 0 Å². The molecule has 0 aliphatic heterocycles. The number of anilines is 2. The maximum Gasteiger partial charge on any atom is 0.328 e. The van der Waals surface area contributed by atoms with Gasteiger partial charge in [-0.3, -0.25) is 0 Å². The van der Waals surface area contributed by atoms with Gasteiger partial charge in [-0.05, 0) is 43.5 Å². The maximum absolute atomic E-state index is 5.88. The van der Waals surface area contributed by atoms with Crippen LogP contribution in [0.25, 0.3) is 0 Å². The Labute approximate surface area is 125 Å². The number of aryl methyl sites for hydroxylation is 2. The van der Waals surface area contributed by atoms with Crippen LogP contribution in [0.2, 0.25) is 0 Å². The van der Waals surface area contributed by atoms with Gasteiger partial charge in [0, 0.05) is 21.1 Å². The molecule has 0 aliphatic rings. The van der Waals surface area contributed by atoms with E-state index in [0.717, 1.165) is 16.9 Å². The first-order chi connectivity index (χ1) is 9.90. The van der Waals surface area contributed by atoms with Gasteiger partial charge in [-0.1, -0.05) is 6.07 Å². The standard InChI is InChI=1S/C15H21N5O/c1-9-7-10(2)11(3)12(8-9)21-15-18-13(16-4)17-14(19-15)20(5)6/h7-8H,1-6H3,(H,16,17,18,19). The van der Waals surface area contributed by atoms with Gasteiger partial charge in [0.25, 0.3) is 0 Å². The lowest BCUT2D eigenvalue weighted by atomic mass is 10.1. The highest BCUT2D eigenvalue weighted by Gasteiger charge is 2.11. The Morgan fingerprint density at radius 3 is 2.38 bits per heavy atom. The SMILES string of the molecule is CNc1nc(Oc2cc(C)cc(C)c2C)nc(N(C)C)n1. The summed E-state index contributed by atoms with van der Waals surface area (Å²) >= 11 is 0. The predicted octanol–water partition coefficient (Wildman–Crippen LogP) is 2.70. The van der Waals surface area contributed by atoms with Gasteiger partial charge in [0.2, 0.25) is 11.9 Å². The molecule has 1 aromatic carbocycles.